The van der Waals surface area contributed by atoms with Crippen molar-refractivity contribution in [3.05, 3.63) is 44.5 Å². The first-order chi connectivity index (χ1) is 7.49. The van der Waals surface area contributed by atoms with Crippen LogP contribution in [0.4, 0.5) is 11.4 Å². The molecule has 0 saturated carbocycles. The van der Waals surface area contributed by atoms with Crippen LogP contribution in [0, 0.1) is 20.2 Å². The van der Waals surface area contributed by atoms with Gasteiger partial charge in [-0.15, -0.1) is 0 Å². The molecule has 0 aliphatic heterocycles. The van der Waals surface area contributed by atoms with Crippen molar-refractivity contribution >= 4 is 17.3 Å². The van der Waals surface area contributed by atoms with E-state index in [4.69, 9.17) is 5.73 Å². The first kappa shape index (κ1) is 11.4. The Balaban J connectivity index is 2.92. The second kappa shape index (κ2) is 4.68. The molecule has 0 aliphatic carbocycles. The monoisotopic (exact) mass is 225 g/mol. The Morgan fingerprint density at radius 1 is 1.38 bits per heavy atom. The lowest BCUT2D eigenvalue weighted by Crippen LogP contribution is -2.35. The number of nitrogens with two attached hydrogens (primary N) is 1. The number of nitrogens with one attached hydrogen (secondary N) is 1. The van der Waals surface area contributed by atoms with E-state index in [0.29, 0.717) is 0 Å². The minimum absolute atomic E-state index is 0.154. The number of hydrogen-bond donors (Lipinski definition) is 2. The number of guanidine groups is 1. The van der Waals surface area contributed by atoms with Gasteiger partial charge in [-0.3, -0.25) is 10.1 Å². The van der Waals surface area contributed by atoms with Gasteiger partial charge in [-0.25, -0.2) is 15.1 Å². The third-order valence-corrected chi connectivity index (χ3v) is 1.50. The number of nitro benzene ring substituents is 1. The molecule has 0 fully saturated rings. The van der Waals surface area contributed by atoms with E-state index in [1.807, 2.05) is 0 Å². The van der Waals surface area contributed by atoms with Crippen LogP contribution < -0.4 is 11.2 Å². The van der Waals surface area contributed by atoms with Crippen LogP contribution in [0.2, 0.25) is 0 Å². The second-order valence-electron chi connectivity index (χ2n) is 2.64. The van der Waals surface area contributed by atoms with Crippen LogP contribution in [0.5, 0.6) is 0 Å². The smallest absolute Gasteiger partial charge is 0.271 e. The summed E-state index contributed by atoms with van der Waals surface area (Å²) in [6.45, 7) is 0. The number of nitrogens with zero attached hydrogens (tertiary/aromatic N) is 3. The zero-order valence-electron chi connectivity index (χ0n) is 7.86. The van der Waals surface area contributed by atoms with Crippen LogP contribution in [0.1, 0.15) is 0 Å². The molecule has 0 saturated heterocycles. The van der Waals surface area contributed by atoms with Gasteiger partial charge in [-0.1, -0.05) is 11.5 Å². The summed E-state index contributed by atoms with van der Waals surface area (Å²) in [7, 11) is 0. The highest BCUT2D eigenvalue weighted by Crippen LogP contribution is 2.19. The molecule has 0 unspecified atom stereocenters. The Morgan fingerprint density at radius 2 is 2.06 bits per heavy atom. The number of benzene rings is 1. The molecule has 0 radical (unpaired) electrons. The molecule has 1 aromatic carbocycles. The molecule has 0 amide bonds. The summed E-state index contributed by atoms with van der Waals surface area (Å²) in [5.74, 6) is -0.453. The Bertz CT molecular complexity index is 458. The van der Waals surface area contributed by atoms with Gasteiger partial charge in [-0.2, -0.15) is 0 Å². The highest BCUT2D eigenvalue weighted by Gasteiger charge is 2.06. The summed E-state index contributed by atoms with van der Waals surface area (Å²) >= 11 is 0. The first-order valence-corrected chi connectivity index (χ1v) is 3.98. The average Bonchev–Trinajstić information content (AvgIpc) is 2.16. The standard InChI is InChI=1S/C7H7N5O4/c8-7(10-12(15)16)9-5-2-1-3-6(4-5)11(13)14/h1-4H,(H3,8,9,10). The molecule has 1 rings (SSSR count). The fraction of sp³-hybridized carbons (Fsp3) is 0. The summed E-state index contributed by atoms with van der Waals surface area (Å²) in [5, 5.41) is 19.5. The van der Waals surface area contributed by atoms with E-state index in [1.165, 1.54) is 18.2 Å². The molecule has 0 atom stereocenters. The molecule has 0 aliphatic rings. The molecule has 1 aromatic rings. The van der Waals surface area contributed by atoms with Gasteiger partial charge in [0.25, 0.3) is 11.6 Å². The van der Waals surface area contributed by atoms with Crippen LogP contribution in [-0.2, 0) is 0 Å². The van der Waals surface area contributed by atoms with Crippen LogP contribution >= 0.6 is 0 Å². The molecule has 0 bridgehead atoms. The number of hydrazine groups is 1. The van der Waals surface area contributed by atoms with Crippen molar-refractivity contribution in [3.8, 4) is 0 Å². The third kappa shape index (κ3) is 3.21. The molecule has 9 heteroatoms. The zero-order chi connectivity index (χ0) is 12.1. The van der Waals surface area contributed by atoms with Gasteiger partial charge in [0.2, 0.25) is 0 Å². The van der Waals surface area contributed by atoms with Gasteiger partial charge in [0, 0.05) is 12.1 Å². The summed E-state index contributed by atoms with van der Waals surface area (Å²) in [6, 6.07) is 5.25. The first-order valence-electron chi connectivity index (χ1n) is 3.98. The van der Waals surface area contributed by atoms with Gasteiger partial charge in [0.15, 0.2) is 5.03 Å². The second-order valence-corrected chi connectivity index (χ2v) is 2.64. The van der Waals surface area contributed by atoms with E-state index in [0.717, 1.165) is 6.07 Å². The van der Waals surface area contributed by atoms with Gasteiger partial charge < -0.3 is 5.73 Å². The Labute approximate surface area is 88.9 Å². The van der Waals surface area contributed by atoms with Gasteiger partial charge in [0.05, 0.1) is 10.6 Å². The van der Waals surface area contributed by atoms with Gasteiger partial charge in [-0.05, 0) is 6.07 Å². The van der Waals surface area contributed by atoms with E-state index < -0.39 is 15.9 Å². The highest BCUT2D eigenvalue weighted by molar-refractivity contribution is 5.79. The Hall–Kier alpha value is -2.71. The molecule has 0 heterocycles. The molecule has 84 valence electrons. The zero-order valence-corrected chi connectivity index (χ0v) is 7.86. The molecule has 9 nitrogen and oxygen atoms in total. The van der Waals surface area contributed by atoms with E-state index >= 15 is 0 Å². The van der Waals surface area contributed by atoms with Crippen molar-refractivity contribution < 1.29 is 9.96 Å². The minimum Gasteiger partial charge on any atom is -0.365 e. The van der Waals surface area contributed by atoms with Crippen molar-refractivity contribution in [2.75, 3.05) is 0 Å². The molecule has 0 spiro atoms. The number of nitro groups is 2. The summed E-state index contributed by atoms with van der Waals surface area (Å²) in [6.07, 6.45) is 0. The van der Waals surface area contributed by atoms with Crippen LogP contribution in [-0.4, -0.2) is 15.9 Å². The van der Waals surface area contributed by atoms with Gasteiger partial charge in [0.1, 0.15) is 0 Å². The normalized spacial score (nSPS) is 10.9. The highest BCUT2D eigenvalue weighted by atomic mass is 16.7. The van der Waals surface area contributed by atoms with E-state index in [-0.39, 0.29) is 11.4 Å². The predicted octanol–water partition coefficient (Wildman–Crippen LogP) is 0.322. The number of rotatable bonds is 3. The molecule has 0 aromatic heterocycles. The molecular formula is C7H7N5O4. The maximum Gasteiger partial charge on any atom is 0.271 e. The largest absolute Gasteiger partial charge is 0.365 e. The van der Waals surface area contributed by atoms with Crippen molar-refractivity contribution in [2.45, 2.75) is 0 Å². The lowest BCUT2D eigenvalue weighted by molar-refractivity contribution is -0.525. The fourth-order valence-electron chi connectivity index (χ4n) is 0.934. The van der Waals surface area contributed by atoms with E-state index in [1.54, 1.807) is 5.43 Å². The van der Waals surface area contributed by atoms with Crippen molar-refractivity contribution in [3.63, 3.8) is 0 Å². The number of aliphatic imine (C=N–C) groups is 1. The SMILES string of the molecule is NC(=Nc1cccc([N+](=O)[O-])c1)N[N+](=O)[O-]. The Kier molecular flexibility index (Phi) is 3.33. The van der Waals surface area contributed by atoms with Crippen molar-refractivity contribution in [1.29, 1.82) is 0 Å². The third-order valence-electron chi connectivity index (χ3n) is 1.50. The van der Waals surface area contributed by atoms with Crippen LogP contribution in [0.3, 0.4) is 0 Å². The number of hydrogen-bond acceptors (Lipinski definition) is 5. The fourth-order valence-corrected chi connectivity index (χ4v) is 0.934. The quantitative estimate of drug-likeness (QED) is 0.329. The van der Waals surface area contributed by atoms with Crippen LogP contribution in [0.25, 0.3) is 0 Å². The average molecular weight is 225 g/mol. The topological polar surface area (TPSA) is 137 Å². The Morgan fingerprint density at radius 3 is 2.62 bits per heavy atom. The summed E-state index contributed by atoms with van der Waals surface area (Å²) in [4.78, 5) is 23.4. The minimum atomic E-state index is -0.879. The molecule has 3 N–H and O–H groups in total. The van der Waals surface area contributed by atoms with E-state index in [2.05, 4.69) is 4.99 Å². The number of non-ortho nitro benzene ring substituents is 1. The van der Waals surface area contributed by atoms with Crippen molar-refractivity contribution in [1.82, 2.24) is 5.43 Å². The maximum absolute atomic E-state index is 10.4. The van der Waals surface area contributed by atoms with E-state index in [9.17, 15) is 20.2 Å². The molecule has 16 heavy (non-hydrogen) atoms. The predicted molar refractivity (Wildman–Crippen MR) is 54.5 cm³/mol. The summed E-state index contributed by atoms with van der Waals surface area (Å²) < 4.78 is 0. The molecular weight excluding hydrogens is 218 g/mol. The van der Waals surface area contributed by atoms with Crippen LogP contribution in [0.15, 0.2) is 29.3 Å². The maximum atomic E-state index is 10.4. The lowest BCUT2D eigenvalue weighted by atomic mass is 10.3. The summed E-state index contributed by atoms with van der Waals surface area (Å²) in [5.41, 5.74) is 6.76. The van der Waals surface area contributed by atoms with Crippen molar-refractivity contribution in [2.24, 2.45) is 10.7 Å². The van der Waals surface area contributed by atoms with Gasteiger partial charge >= 0.3 is 0 Å². The lowest BCUT2D eigenvalue weighted by Gasteiger charge is -1.97.